The Morgan fingerprint density at radius 3 is 2.60 bits per heavy atom. The van der Waals surface area contributed by atoms with Crippen LogP contribution < -0.4 is 5.73 Å². The van der Waals surface area contributed by atoms with Crippen molar-refractivity contribution in [2.24, 2.45) is 11.7 Å². The summed E-state index contributed by atoms with van der Waals surface area (Å²) in [7, 11) is 0. The van der Waals surface area contributed by atoms with Crippen LogP contribution in [0.4, 0.5) is 13.2 Å². The van der Waals surface area contributed by atoms with Crippen LogP contribution >= 0.6 is 0 Å². The molecule has 3 unspecified atom stereocenters. The third kappa shape index (κ3) is 4.54. The monoisotopic (exact) mass is 356 g/mol. The molecule has 140 valence electrons. The Labute approximate surface area is 147 Å². The molecule has 0 radical (unpaired) electrons. The molecular formula is C19H27F3N2O. The number of rotatable bonds is 4. The zero-order valence-corrected chi connectivity index (χ0v) is 14.4. The average molecular weight is 356 g/mol. The fraction of sp³-hybridized carbons (Fsp3) is 0.684. The molecule has 2 fully saturated rings. The Balaban J connectivity index is 1.87. The zero-order valence-electron chi connectivity index (χ0n) is 14.4. The molecule has 0 amide bonds. The molecule has 1 heterocycles. The van der Waals surface area contributed by atoms with Gasteiger partial charge < -0.3 is 15.7 Å². The van der Waals surface area contributed by atoms with Gasteiger partial charge in [-0.2, -0.15) is 13.2 Å². The van der Waals surface area contributed by atoms with E-state index in [4.69, 9.17) is 5.73 Å². The molecule has 1 aliphatic heterocycles. The molecule has 3 nitrogen and oxygen atoms in total. The highest BCUT2D eigenvalue weighted by Crippen LogP contribution is 2.39. The molecule has 1 saturated heterocycles. The van der Waals surface area contributed by atoms with E-state index in [-0.39, 0.29) is 17.9 Å². The minimum atomic E-state index is -4.35. The van der Waals surface area contributed by atoms with Crippen LogP contribution in [0.1, 0.15) is 49.1 Å². The predicted molar refractivity (Wildman–Crippen MR) is 91.2 cm³/mol. The Morgan fingerprint density at radius 1 is 1.20 bits per heavy atom. The highest BCUT2D eigenvalue weighted by Gasteiger charge is 2.36. The van der Waals surface area contributed by atoms with E-state index in [1.54, 1.807) is 6.07 Å². The van der Waals surface area contributed by atoms with Gasteiger partial charge in [0.2, 0.25) is 0 Å². The summed E-state index contributed by atoms with van der Waals surface area (Å²) in [6.07, 6.45) is -0.256. The highest BCUT2D eigenvalue weighted by atomic mass is 19.4. The number of likely N-dealkylation sites (tertiary alicyclic amines) is 1. The Morgan fingerprint density at radius 2 is 1.96 bits per heavy atom. The number of nitrogens with zero attached hydrogens (tertiary/aromatic N) is 1. The number of hydrogen-bond acceptors (Lipinski definition) is 3. The molecule has 1 aromatic rings. The minimum absolute atomic E-state index is 0.00839. The van der Waals surface area contributed by atoms with Crippen LogP contribution in [0.15, 0.2) is 24.3 Å². The van der Waals surface area contributed by atoms with Crippen molar-refractivity contribution >= 4 is 0 Å². The number of benzene rings is 1. The van der Waals surface area contributed by atoms with Crippen LogP contribution in [0.25, 0.3) is 0 Å². The summed E-state index contributed by atoms with van der Waals surface area (Å²) in [5.74, 6) is -0.0861. The van der Waals surface area contributed by atoms with E-state index in [0.29, 0.717) is 12.1 Å². The normalized spacial score (nSPS) is 29.7. The van der Waals surface area contributed by atoms with Crippen molar-refractivity contribution in [3.05, 3.63) is 35.4 Å². The second-order valence-corrected chi connectivity index (χ2v) is 7.55. The molecule has 25 heavy (non-hydrogen) atoms. The predicted octanol–water partition coefficient (Wildman–Crippen LogP) is 3.37. The molecule has 4 atom stereocenters. The molecule has 0 spiro atoms. The average Bonchev–Trinajstić information content (AvgIpc) is 2.98. The molecule has 1 aromatic carbocycles. The summed E-state index contributed by atoms with van der Waals surface area (Å²) < 4.78 is 39.4. The van der Waals surface area contributed by atoms with Gasteiger partial charge in [0.25, 0.3) is 0 Å². The van der Waals surface area contributed by atoms with Gasteiger partial charge in [0.15, 0.2) is 0 Å². The summed E-state index contributed by atoms with van der Waals surface area (Å²) >= 11 is 0. The smallest absolute Gasteiger partial charge is 0.393 e. The number of halogens is 3. The number of aliphatic hydroxyl groups excluding tert-OH is 1. The quantitative estimate of drug-likeness (QED) is 0.870. The molecule has 6 heteroatoms. The van der Waals surface area contributed by atoms with Gasteiger partial charge in [-0.25, -0.2) is 0 Å². The summed E-state index contributed by atoms with van der Waals surface area (Å²) in [6.45, 7) is 2.31. The first-order chi connectivity index (χ1) is 11.8. The lowest BCUT2D eigenvalue weighted by Gasteiger charge is -2.37. The van der Waals surface area contributed by atoms with Gasteiger partial charge in [-0.15, -0.1) is 0 Å². The van der Waals surface area contributed by atoms with Crippen LogP contribution in [-0.4, -0.2) is 41.8 Å². The summed E-state index contributed by atoms with van der Waals surface area (Å²) in [5, 5.41) is 10.5. The lowest BCUT2D eigenvalue weighted by atomic mass is 9.74. The maximum Gasteiger partial charge on any atom is 0.416 e. The Kier molecular flexibility index (Phi) is 5.71. The SMILES string of the molecule is N[C@@H]1CCN(CC(c2cccc(C(F)(F)F)c2)C2CCCCC2O)C1. The van der Waals surface area contributed by atoms with E-state index in [1.807, 2.05) is 0 Å². The van der Waals surface area contributed by atoms with Gasteiger partial charge in [0.1, 0.15) is 0 Å². The summed E-state index contributed by atoms with van der Waals surface area (Å²) in [4.78, 5) is 2.23. The zero-order chi connectivity index (χ0) is 18.0. The Bertz CT molecular complexity index is 578. The van der Waals surface area contributed by atoms with Crippen LogP contribution in [0.2, 0.25) is 0 Å². The van der Waals surface area contributed by atoms with E-state index in [9.17, 15) is 18.3 Å². The third-order valence-corrected chi connectivity index (χ3v) is 5.70. The van der Waals surface area contributed by atoms with Crippen molar-refractivity contribution in [2.45, 2.75) is 56.3 Å². The molecule has 3 rings (SSSR count). The van der Waals surface area contributed by atoms with Crippen molar-refractivity contribution in [2.75, 3.05) is 19.6 Å². The van der Waals surface area contributed by atoms with Crippen LogP contribution in [-0.2, 0) is 6.18 Å². The number of alkyl halides is 3. The molecule has 0 aromatic heterocycles. The maximum absolute atomic E-state index is 13.1. The first kappa shape index (κ1) is 18.7. The molecule has 3 N–H and O–H groups in total. The Hall–Kier alpha value is -1.11. The largest absolute Gasteiger partial charge is 0.416 e. The molecule has 0 bridgehead atoms. The van der Waals surface area contributed by atoms with Crippen molar-refractivity contribution < 1.29 is 18.3 Å². The highest BCUT2D eigenvalue weighted by molar-refractivity contribution is 5.29. The van der Waals surface area contributed by atoms with Crippen LogP contribution in [0.3, 0.4) is 0 Å². The van der Waals surface area contributed by atoms with Crippen LogP contribution in [0, 0.1) is 5.92 Å². The molecule has 1 aliphatic carbocycles. The summed E-state index contributed by atoms with van der Waals surface area (Å²) in [5.41, 5.74) is 6.06. The first-order valence-electron chi connectivity index (χ1n) is 9.18. The fourth-order valence-corrected chi connectivity index (χ4v) is 4.35. The lowest BCUT2D eigenvalue weighted by molar-refractivity contribution is -0.137. The lowest BCUT2D eigenvalue weighted by Crippen LogP contribution is -2.37. The topological polar surface area (TPSA) is 49.5 Å². The van der Waals surface area contributed by atoms with E-state index in [1.165, 1.54) is 12.1 Å². The van der Waals surface area contributed by atoms with Gasteiger partial charge in [0.05, 0.1) is 11.7 Å². The van der Waals surface area contributed by atoms with E-state index in [2.05, 4.69) is 4.90 Å². The minimum Gasteiger partial charge on any atom is -0.393 e. The van der Waals surface area contributed by atoms with Gasteiger partial charge in [-0.3, -0.25) is 0 Å². The van der Waals surface area contributed by atoms with Crippen LogP contribution in [0.5, 0.6) is 0 Å². The third-order valence-electron chi connectivity index (χ3n) is 5.70. The van der Waals surface area contributed by atoms with Gasteiger partial charge >= 0.3 is 6.18 Å². The van der Waals surface area contributed by atoms with Crippen molar-refractivity contribution in [1.82, 2.24) is 4.90 Å². The van der Waals surface area contributed by atoms with Gasteiger partial charge in [-0.05, 0) is 43.4 Å². The first-order valence-corrected chi connectivity index (χ1v) is 9.18. The van der Waals surface area contributed by atoms with Gasteiger partial charge in [0, 0.05) is 25.0 Å². The standard InChI is InChI=1S/C19H27F3N2O/c20-19(21,22)14-5-3-4-13(10-14)17(12-24-9-8-15(23)11-24)16-6-1-2-7-18(16)25/h3-5,10,15-18,25H,1-2,6-9,11-12,23H2/t15-,16?,17?,18?/m1/s1. The maximum atomic E-state index is 13.1. The number of nitrogens with two attached hydrogens (primary N) is 1. The number of hydrogen-bond donors (Lipinski definition) is 2. The molecule has 1 saturated carbocycles. The van der Waals surface area contributed by atoms with Gasteiger partial charge in [-0.1, -0.05) is 31.0 Å². The van der Waals surface area contributed by atoms with Crippen molar-refractivity contribution in [1.29, 1.82) is 0 Å². The van der Waals surface area contributed by atoms with E-state index < -0.39 is 17.8 Å². The number of aliphatic hydroxyl groups is 1. The molecule has 2 aliphatic rings. The van der Waals surface area contributed by atoms with E-state index >= 15 is 0 Å². The van der Waals surface area contributed by atoms with E-state index in [0.717, 1.165) is 51.3 Å². The van der Waals surface area contributed by atoms with Crippen molar-refractivity contribution in [3.63, 3.8) is 0 Å². The fourth-order valence-electron chi connectivity index (χ4n) is 4.35. The van der Waals surface area contributed by atoms with Crippen molar-refractivity contribution in [3.8, 4) is 0 Å². The second-order valence-electron chi connectivity index (χ2n) is 7.55. The second kappa shape index (κ2) is 7.64. The molecular weight excluding hydrogens is 329 g/mol. The summed E-state index contributed by atoms with van der Waals surface area (Å²) in [6, 6.07) is 5.78.